The van der Waals surface area contributed by atoms with Crippen molar-refractivity contribution >= 4 is 130 Å². The molecule has 3 aliphatic rings. The Balaban J connectivity index is 1.12. The van der Waals surface area contributed by atoms with Gasteiger partial charge >= 0.3 is 29.8 Å². The van der Waals surface area contributed by atoms with Crippen LogP contribution in [-0.4, -0.2) is 328 Å². The Hall–Kier alpha value is -8.67. The Bertz CT molecular complexity index is 3700. The number of nitrogens with zero attached hydrogens (tertiary/aromatic N) is 5. The van der Waals surface area contributed by atoms with Gasteiger partial charge in [0.15, 0.2) is 5.78 Å². The molecule has 3 aliphatic heterocycles. The number of Topliss-reactive ketones (excluding diaryl/α,β-unsaturated/α-hetero) is 3. The van der Waals surface area contributed by atoms with Crippen LogP contribution in [-0.2, 0) is 115 Å². The maximum absolute atomic E-state index is 14.9. The summed E-state index contributed by atoms with van der Waals surface area (Å²) in [5.41, 5.74) is 8.78. The number of hydrogen-bond donors (Lipinski definition) is 12. The molecule has 2 aromatic rings. The first-order valence-electron chi connectivity index (χ1n) is 41.4. The standard InChI is InChI=1S/C82H123N11O25S3/c1-3-4-6-16-63(96)43-60-53-120-51-58-39-57(50-119-38-11-17-62(95)20-23-70(99)84-24-12-32-116-34-36-118-37-35-117-33-13-25-85-71(100)45-90(47-73(103)104)30-28-89(46-72(101)102)29-31-91(48-74(105)106)49-75(107)108)40-59(41-58)52-121-54-61(82(114)115)44-68(97)65(42-56-14-7-5-8-15-56)87-77(109)64(21-22-69(83)98)86-79(111)76(55(2)94)88-78(110)66-18-9-26-92(66)81(113)67-19-10-27-93(67)80(60)112/h5,7-8,14-15,39-41,55,60-61,64-67,76,94H,3-4,6,9-13,16-38,42-54H2,1-2H3,(H2,83,98)(H,84,99)(H,85,100)(H,86,111)(H,87,109)(H,88,110)(H,101,102)(H,103,104)(H,105,106)(H,107,108)(H,114,115)/t55-,60+,61+,64+,65+,66+,67+,76+/m1/s1. The van der Waals surface area contributed by atoms with Crippen LogP contribution in [0.2, 0.25) is 0 Å². The fourth-order valence-electron chi connectivity index (χ4n) is 14.0. The van der Waals surface area contributed by atoms with Crippen molar-refractivity contribution < 1.29 is 122 Å². The van der Waals surface area contributed by atoms with Gasteiger partial charge in [-0.3, -0.25) is 91.4 Å². The number of benzene rings is 2. The number of carboxylic acids is 5. The van der Waals surface area contributed by atoms with E-state index in [4.69, 9.17) is 30.2 Å². The van der Waals surface area contributed by atoms with Gasteiger partial charge in [-0.1, -0.05) is 68.3 Å². The number of thioether (sulfide) groups is 3. The average molecular weight is 1760 g/mol. The molecule has 5 rings (SSSR count). The molecule has 36 nitrogen and oxygen atoms in total. The minimum atomic E-state index is -1.69. The minimum absolute atomic E-state index is 0.00806. The van der Waals surface area contributed by atoms with Gasteiger partial charge in [0.2, 0.25) is 47.3 Å². The highest BCUT2D eigenvalue weighted by Gasteiger charge is 2.45. The molecule has 674 valence electrons. The monoisotopic (exact) mass is 1760 g/mol. The zero-order valence-electron chi connectivity index (χ0n) is 69.3. The highest BCUT2D eigenvalue weighted by molar-refractivity contribution is 7.99. The summed E-state index contributed by atoms with van der Waals surface area (Å²) in [4.78, 5) is 217. The summed E-state index contributed by atoms with van der Waals surface area (Å²) >= 11 is 4.35. The van der Waals surface area contributed by atoms with Gasteiger partial charge in [-0.25, -0.2) is 0 Å². The smallest absolute Gasteiger partial charge is 0.317 e. The van der Waals surface area contributed by atoms with E-state index in [-0.39, 0.29) is 172 Å². The number of carbonyl (C=O) groups excluding carboxylic acids is 11. The molecule has 0 radical (unpaired) electrons. The van der Waals surface area contributed by atoms with E-state index in [1.807, 2.05) is 25.1 Å². The number of aliphatic hydroxyl groups is 1. The fourth-order valence-corrected chi connectivity index (χ4v) is 17.0. The van der Waals surface area contributed by atoms with E-state index >= 15 is 0 Å². The molecular formula is C82H123N11O25S3. The van der Waals surface area contributed by atoms with Crippen molar-refractivity contribution in [3.05, 3.63) is 70.8 Å². The topological polar surface area (TPSA) is 525 Å². The van der Waals surface area contributed by atoms with Crippen LogP contribution in [0.4, 0.5) is 0 Å². The van der Waals surface area contributed by atoms with Crippen LogP contribution < -0.4 is 32.3 Å². The second-order valence-corrected chi connectivity index (χ2v) is 33.6. The van der Waals surface area contributed by atoms with E-state index in [9.17, 15) is 97.1 Å². The number of fused-ring (bicyclic) bond motifs is 4. The maximum atomic E-state index is 14.9. The molecule has 2 aromatic carbocycles. The summed E-state index contributed by atoms with van der Waals surface area (Å²) in [6, 6.07) is 8.02. The number of carboxylic acid groups (broad SMARTS) is 5. The van der Waals surface area contributed by atoms with E-state index in [1.54, 1.807) is 42.1 Å². The zero-order chi connectivity index (χ0) is 88.6. The molecule has 8 amide bonds. The van der Waals surface area contributed by atoms with Crippen molar-refractivity contribution in [1.82, 2.24) is 51.1 Å². The van der Waals surface area contributed by atoms with E-state index in [0.717, 1.165) is 34.4 Å². The van der Waals surface area contributed by atoms with Gasteiger partial charge in [-0.15, -0.1) is 0 Å². The number of rotatable bonds is 52. The van der Waals surface area contributed by atoms with E-state index < -0.39 is 158 Å². The molecule has 8 atom stereocenters. The lowest BCUT2D eigenvalue weighted by Crippen LogP contribution is -2.61. The highest BCUT2D eigenvalue weighted by Crippen LogP contribution is 2.31. The maximum Gasteiger partial charge on any atom is 0.317 e. The second kappa shape index (κ2) is 57.6. The molecular weight excluding hydrogens is 1640 g/mol. The number of hydrogen-bond acceptors (Lipinski definition) is 26. The van der Waals surface area contributed by atoms with E-state index in [1.165, 1.54) is 50.0 Å². The molecule has 121 heavy (non-hydrogen) atoms. The fraction of sp³-hybridized carbons (Fsp3) is 0.659. The first kappa shape index (κ1) is 103. The number of aliphatic carboxylic acids is 5. The van der Waals surface area contributed by atoms with Crippen molar-refractivity contribution in [2.75, 3.05) is 142 Å². The summed E-state index contributed by atoms with van der Waals surface area (Å²) in [6.45, 7) is 3.29. The van der Waals surface area contributed by atoms with Gasteiger partial charge in [-0.05, 0) is 99.1 Å². The van der Waals surface area contributed by atoms with Crippen LogP contribution >= 0.6 is 35.3 Å². The molecule has 13 N–H and O–H groups in total. The lowest BCUT2D eigenvalue weighted by Gasteiger charge is -2.33. The predicted octanol–water partition coefficient (Wildman–Crippen LogP) is 1.98. The van der Waals surface area contributed by atoms with E-state index in [2.05, 4.69) is 26.6 Å². The lowest BCUT2D eigenvalue weighted by atomic mass is 9.95. The van der Waals surface area contributed by atoms with Crippen molar-refractivity contribution in [3.63, 3.8) is 0 Å². The molecule has 3 heterocycles. The lowest BCUT2D eigenvalue weighted by molar-refractivity contribution is -0.148. The molecule has 0 aromatic heterocycles. The third kappa shape index (κ3) is 41.8. The van der Waals surface area contributed by atoms with Crippen molar-refractivity contribution in [3.8, 4) is 0 Å². The molecule has 2 bridgehead atoms. The summed E-state index contributed by atoms with van der Waals surface area (Å²) in [5.74, 6) is -12.1. The van der Waals surface area contributed by atoms with Crippen LogP contribution in [0.25, 0.3) is 0 Å². The molecule has 0 aliphatic carbocycles. The Morgan fingerprint density at radius 2 is 1.11 bits per heavy atom. The van der Waals surface area contributed by atoms with Gasteiger partial charge < -0.3 is 87.0 Å². The molecule has 0 unspecified atom stereocenters. The number of primary amides is 1. The first-order chi connectivity index (χ1) is 57.9. The number of ether oxygens (including phenoxy) is 3. The second-order valence-electron chi connectivity index (χ2n) is 30.4. The summed E-state index contributed by atoms with van der Waals surface area (Å²) < 4.78 is 16.7. The van der Waals surface area contributed by atoms with Gasteiger partial charge in [0, 0.05) is 139 Å². The third-order valence-corrected chi connectivity index (χ3v) is 23.7. The largest absolute Gasteiger partial charge is 0.481 e. The quantitative estimate of drug-likeness (QED) is 0.0421. The number of carbonyl (C=O) groups is 16. The van der Waals surface area contributed by atoms with Gasteiger partial charge in [0.1, 0.15) is 35.7 Å². The molecule has 39 heteroatoms. The predicted molar refractivity (Wildman–Crippen MR) is 449 cm³/mol. The van der Waals surface area contributed by atoms with Crippen molar-refractivity contribution in [2.45, 2.75) is 189 Å². The average Bonchev–Trinajstić information content (AvgIpc) is 1.66. The Kier molecular flexibility index (Phi) is 49.0. The van der Waals surface area contributed by atoms with Crippen LogP contribution in [0.3, 0.4) is 0 Å². The van der Waals surface area contributed by atoms with Gasteiger partial charge in [-0.2, -0.15) is 35.3 Å². The number of amides is 8. The summed E-state index contributed by atoms with van der Waals surface area (Å²) in [7, 11) is 0. The van der Waals surface area contributed by atoms with Crippen LogP contribution in [0.1, 0.15) is 152 Å². The zero-order valence-corrected chi connectivity index (χ0v) is 71.8. The number of unbranched alkanes of at least 4 members (excludes halogenated alkanes) is 2. The Morgan fingerprint density at radius 1 is 0.570 bits per heavy atom. The molecule has 0 spiro atoms. The van der Waals surface area contributed by atoms with Gasteiger partial charge in [0.05, 0.1) is 83.1 Å². The Morgan fingerprint density at radius 3 is 1.69 bits per heavy atom. The summed E-state index contributed by atoms with van der Waals surface area (Å²) in [6.07, 6.45) is 2.85. The Labute approximate surface area is 718 Å². The first-order valence-corrected chi connectivity index (χ1v) is 44.8. The van der Waals surface area contributed by atoms with Crippen molar-refractivity contribution in [1.29, 1.82) is 0 Å². The minimum Gasteiger partial charge on any atom is -0.481 e. The van der Waals surface area contributed by atoms with Gasteiger partial charge in [0.25, 0.3) is 0 Å². The SMILES string of the molecule is CCCCCC(=O)C[C@H]1CSCc2cc(CSCCCC(=O)CCC(=O)NCCCOCCOCCOCCCNC(=O)CN(CCN(CCN(CC(=O)O)CC(=O)O)CC(=O)O)CC(=O)O)cc(c2)CSC[C@@H](C(=O)O)CC(=O)[C@H](Cc2ccccc2)NC(=O)[C@H](CCC(N)=O)NC(=O)[C@H]([C@@H](C)O)NC(=O)[C@@H]2CCCN2C(=O)[C@@H]2CCCN2C1=O. The molecule has 0 saturated carbocycles. The van der Waals surface area contributed by atoms with Crippen LogP contribution in [0, 0.1) is 11.8 Å². The van der Waals surface area contributed by atoms with Crippen LogP contribution in [0.15, 0.2) is 48.5 Å². The number of nitrogens with two attached hydrogens (primary N) is 1. The number of ketones is 3. The summed E-state index contributed by atoms with van der Waals surface area (Å²) in [5, 5.41) is 72.0. The highest BCUT2D eigenvalue weighted by atomic mass is 32.2. The molecule has 2 fully saturated rings. The number of nitrogens with one attached hydrogen (secondary N) is 5. The normalized spacial score (nSPS) is 19.6. The van der Waals surface area contributed by atoms with E-state index in [0.29, 0.717) is 86.7 Å². The molecule has 2 saturated heterocycles. The third-order valence-electron chi connectivity index (χ3n) is 20.2. The van der Waals surface area contributed by atoms with Crippen molar-refractivity contribution in [2.24, 2.45) is 17.6 Å². The van der Waals surface area contributed by atoms with Crippen LogP contribution in [0.5, 0.6) is 0 Å². The number of aliphatic hydroxyl groups excluding tert-OH is 1.